The molecule has 0 amide bonds. The van der Waals surface area contributed by atoms with Crippen LogP contribution in [-0.2, 0) is 11.8 Å². The Balaban J connectivity index is 1.55. The van der Waals surface area contributed by atoms with E-state index in [-0.39, 0.29) is 40.6 Å². The van der Waals surface area contributed by atoms with E-state index in [0.29, 0.717) is 10.4 Å². The predicted octanol–water partition coefficient (Wildman–Crippen LogP) is 2.18. The molecule has 0 bridgehead atoms. The van der Waals surface area contributed by atoms with Crippen molar-refractivity contribution in [2.75, 3.05) is 6.61 Å². The second kappa shape index (κ2) is 10.5. The van der Waals surface area contributed by atoms with Crippen molar-refractivity contribution in [2.45, 2.75) is 19.1 Å². The van der Waals surface area contributed by atoms with Crippen molar-refractivity contribution in [3.05, 3.63) is 83.3 Å². The molecule has 12 nitrogen and oxygen atoms in total. The molecule has 5 aromatic rings. The molecule has 0 fully saturated rings. The maximum Gasteiger partial charge on any atom is 0.345 e. The van der Waals surface area contributed by atoms with Crippen molar-refractivity contribution in [3.8, 4) is 22.5 Å². The van der Waals surface area contributed by atoms with Gasteiger partial charge in [-0.1, -0.05) is 11.6 Å². The summed E-state index contributed by atoms with van der Waals surface area (Å²) in [4.78, 5) is 1.57. The van der Waals surface area contributed by atoms with Crippen LogP contribution in [0.25, 0.3) is 22.5 Å². The molecule has 1 aromatic carbocycles. The number of alkyl halides is 2. The van der Waals surface area contributed by atoms with Gasteiger partial charge in [0, 0.05) is 17.6 Å². The minimum absolute atomic E-state index is 0.00447. The molecule has 16 heteroatoms. The van der Waals surface area contributed by atoms with Gasteiger partial charge in [-0.3, -0.25) is 4.68 Å². The van der Waals surface area contributed by atoms with E-state index >= 15 is 4.39 Å². The lowest BCUT2D eigenvalue weighted by molar-refractivity contribution is -0.687. The second-order valence-electron chi connectivity index (χ2n) is 8.04. The number of pyridine rings is 1. The number of rotatable bonds is 9. The third-order valence-corrected chi connectivity index (χ3v) is 6.10. The minimum atomic E-state index is -2.97. The van der Waals surface area contributed by atoms with Gasteiger partial charge in [0.1, 0.15) is 12.4 Å². The summed E-state index contributed by atoms with van der Waals surface area (Å²) < 4.78 is 49.9. The highest BCUT2D eigenvalue weighted by Crippen LogP contribution is 2.33. The molecule has 0 saturated carbocycles. The molecule has 4 aromatic heterocycles. The summed E-state index contributed by atoms with van der Waals surface area (Å²) >= 11 is 6.02. The highest BCUT2D eigenvalue weighted by molar-refractivity contribution is 6.31. The maximum atomic E-state index is 15.2. The van der Waals surface area contributed by atoms with Gasteiger partial charge in [-0.2, -0.15) is 23.3 Å². The van der Waals surface area contributed by atoms with Crippen LogP contribution < -0.4 is 9.41 Å². The van der Waals surface area contributed by atoms with E-state index in [0.717, 1.165) is 0 Å². The van der Waals surface area contributed by atoms with Crippen molar-refractivity contribution < 1.29 is 27.3 Å². The molecule has 0 aliphatic carbocycles. The first-order valence-electron chi connectivity index (χ1n) is 11.1. The number of nitrogens with zero attached hydrogens (tertiary/aromatic N) is 10. The van der Waals surface area contributed by atoms with Gasteiger partial charge in [0.25, 0.3) is 0 Å². The van der Waals surface area contributed by atoms with E-state index in [1.165, 1.54) is 46.2 Å². The van der Waals surface area contributed by atoms with Crippen LogP contribution in [-0.4, -0.2) is 53.1 Å². The third kappa shape index (κ3) is 4.92. The minimum Gasteiger partial charge on any atom is -0.618 e. The van der Waals surface area contributed by atoms with E-state index in [9.17, 15) is 14.0 Å². The first-order chi connectivity index (χ1) is 18.3. The molecular weight excluding hydrogens is 529 g/mol. The van der Waals surface area contributed by atoms with Crippen molar-refractivity contribution in [2.24, 2.45) is 7.05 Å². The van der Waals surface area contributed by atoms with Gasteiger partial charge >= 0.3 is 6.61 Å². The monoisotopic (exact) mass is 547 g/mol. The van der Waals surface area contributed by atoms with Gasteiger partial charge in [-0.05, 0) is 33.4 Å². The molecule has 0 aliphatic heterocycles. The largest absolute Gasteiger partial charge is 0.618 e. The SMILES string of the molecule is Cn1ncc[n+]1-c1cnn([C@H](CCOC(F)F)c2ccc(-c3c(-n4cnnn4)ccc(Cl)c3F)c[n+]2[O-])c1. The Kier molecular flexibility index (Phi) is 7.02. The Morgan fingerprint density at radius 3 is 2.71 bits per heavy atom. The molecule has 38 heavy (non-hydrogen) atoms. The van der Waals surface area contributed by atoms with Crippen LogP contribution in [0.4, 0.5) is 13.2 Å². The molecule has 0 saturated heterocycles. The molecule has 196 valence electrons. The molecule has 5 rings (SSSR count). The third-order valence-electron chi connectivity index (χ3n) is 5.80. The average Bonchev–Trinajstić information content (AvgIpc) is 3.66. The maximum absolute atomic E-state index is 15.2. The summed E-state index contributed by atoms with van der Waals surface area (Å²) in [7, 11) is 1.73. The van der Waals surface area contributed by atoms with E-state index in [2.05, 4.69) is 30.5 Å². The van der Waals surface area contributed by atoms with Crippen LogP contribution in [0.1, 0.15) is 18.2 Å². The summed E-state index contributed by atoms with van der Waals surface area (Å²) in [5, 5.41) is 32.5. The fraction of sp³-hybridized carbons (Fsp3) is 0.227. The lowest BCUT2D eigenvalue weighted by Gasteiger charge is -2.18. The highest BCUT2D eigenvalue weighted by atomic mass is 35.5. The Morgan fingerprint density at radius 1 is 1.18 bits per heavy atom. The lowest BCUT2D eigenvalue weighted by atomic mass is 10.0. The van der Waals surface area contributed by atoms with Crippen LogP contribution in [0.15, 0.2) is 61.6 Å². The molecule has 0 unspecified atom stereocenters. The Morgan fingerprint density at radius 2 is 2.03 bits per heavy atom. The zero-order valence-electron chi connectivity index (χ0n) is 19.6. The molecule has 0 radical (unpaired) electrons. The number of tetrazole rings is 1. The van der Waals surface area contributed by atoms with Gasteiger partial charge in [0.2, 0.25) is 11.9 Å². The van der Waals surface area contributed by atoms with Crippen molar-refractivity contribution in [3.63, 3.8) is 0 Å². The number of hydrogen-bond acceptors (Lipinski definition) is 7. The first-order valence-corrected chi connectivity index (χ1v) is 11.5. The van der Waals surface area contributed by atoms with Crippen LogP contribution >= 0.6 is 11.6 Å². The van der Waals surface area contributed by atoms with E-state index < -0.39 is 18.5 Å². The van der Waals surface area contributed by atoms with Crippen molar-refractivity contribution in [1.29, 1.82) is 0 Å². The predicted molar refractivity (Wildman–Crippen MR) is 124 cm³/mol. The van der Waals surface area contributed by atoms with Crippen LogP contribution in [0.5, 0.6) is 0 Å². The van der Waals surface area contributed by atoms with Crippen LogP contribution in [0.2, 0.25) is 5.02 Å². The zero-order valence-corrected chi connectivity index (χ0v) is 20.4. The number of halogens is 4. The van der Waals surface area contributed by atoms with Gasteiger partial charge < -0.3 is 9.94 Å². The van der Waals surface area contributed by atoms with E-state index in [1.54, 1.807) is 41.3 Å². The van der Waals surface area contributed by atoms with Gasteiger partial charge in [0.15, 0.2) is 23.9 Å². The molecule has 4 heterocycles. The average molecular weight is 548 g/mol. The highest BCUT2D eigenvalue weighted by Gasteiger charge is 2.27. The number of ether oxygens (including phenoxy) is 1. The Hall–Kier alpha value is -4.37. The van der Waals surface area contributed by atoms with E-state index in [1.807, 2.05) is 0 Å². The summed E-state index contributed by atoms with van der Waals surface area (Å²) in [6.07, 6.45) is 8.94. The quantitative estimate of drug-likeness (QED) is 0.205. The smallest absolute Gasteiger partial charge is 0.345 e. The summed E-state index contributed by atoms with van der Waals surface area (Å²) in [6, 6.07) is 5.08. The van der Waals surface area contributed by atoms with Crippen LogP contribution in [0.3, 0.4) is 0 Å². The standard InChI is InChI=1S/C22H19ClF3N10O2/c1-32-28-7-8-35(32)15-10-29-33(12-15)17(6-9-38-22(25)26)18-4-2-14(11-36(18)37)20-19(34-13-27-30-31-34)5-3-16(23)21(20)24/h2-5,7-8,10-13,17,22H,6,9H2,1H3/q+1/t17-/m1/s1. The first kappa shape index (κ1) is 25.3. The summed E-state index contributed by atoms with van der Waals surface area (Å²) in [5.74, 6) is -0.765. The summed E-state index contributed by atoms with van der Waals surface area (Å²) in [5.41, 5.74) is 1.26. The topological polar surface area (TPSA) is 119 Å². The Bertz CT molecular complexity index is 1560. The zero-order chi connectivity index (χ0) is 26.8. The fourth-order valence-electron chi connectivity index (χ4n) is 4.07. The van der Waals surface area contributed by atoms with Crippen molar-refractivity contribution >= 4 is 11.6 Å². The lowest BCUT2D eigenvalue weighted by Crippen LogP contribution is -2.39. The van der Waals surface area contributed by atoms with Gasteiger partial charge in [0.05, 0.1) is 47.9 Å². The normalized spacial score (nSPS) is 12.4. The number of aryl methyl sites for hydroxylation is 1. The van der Waals surface area contributed by atoms with Crippen LogP contribution in [0, 0.1) is 11.0 Å². The second-order valence-corrected chi connectivity index (χ2v) is 8.45. The molecule has 0 aliphatic rings. The number of aromatic nitrogens is 10. The Labute approximate surface area is 217 Å². The number of hydrogen-bond donors (Lipinski definition) is 0. The van der Waals surface area contributed by atoms with Gasteiger partial charge in [-0.25, -0.2) is 4.39 Å². The van der Waals surface area contributed by atoms with E-state index in [4.69, 9.17) is 11.6 Å². The fourth-order valence-corrected chi connectivity index (χ4v) is 4.23. The molecule has 0 N–H and O–H groups in total. The molecular formula is C22H19ClF3N10O2+. The van der Waals surface area contributed by atoms with Crippen molar-refractivity contribution in [1.82, 2.24) is 39.9 Å². The van der Waals surface area contributed by atoms with Gasteiger partial charge in [-0.15, -0.1) is 9.78 Å². The molecule has 0 spiro atoms. The summed E-state index contributed by atoms with van der Waals surface area (Å²) in [6.45, 7) is -3.31. The molecule has 1 atom stereocenters. The number of benzene rings is 1.